The molecule has 0 aliphatic rings. The minimum absolute atomic E-state index is 0.270. The van der Waals surface area contributed by atoms with Gasteiger partial charge < -0.3 is 16.2 Å². The summed E-state index contributed by atoms with van der Waals surface area (Å²) >= 11 is 6.28. The number of fused-ring (bicyclic) bond motifs is 1. The predicted molar refractivity (Wildman–Crippen MR) is 76.1 cm³/mol. The van der Waals surface area contributed by atoms with Crippen LogP contribution in [-0.4, -0.2) is 13.2 Å². The van der Waals surface area contributed by atoms with Crippen LogP contribution >= 0.6 is 11.6 Å². The molecule has 4 heteroatoms. The molecule has 3 nitrogen and oxygen atoms in total. The van der Waals surface area contributed by atoms with Crippen LogP contribution in [0.5, 0.6) is 5.75 Å². The molecule has 2 rings (SSSR count). The third kappa shape index (κ3) is 2.29. The number of nitrogens with two attached hydrogens (primary N) is 2. The monoisotopic (exact) mass is 264 g/mol. The van der Waals surface area contributed by atoms with E-state index in [1.807, 2.05) is 37.3 Å². The van der Waals surface area contributed by atoms with E-state index in [0.29, 0.717) is 18.2 Å². The van der Waals surface area contributed by atoms with Crippen LogP contribution in [0.1, 0.15) is 18.5 Å². The number of hydrogen-bond donors (Lipinski definition) is 2. The molecule has 0 spiro atoms. The summed E-state index contributed by atoms with van der Waals surface area (Å²) in [6.07, 6.45) is 0. The first kappa shape index (κ1) is 13.1. The van der Waals surface area contributed by atoms with Crippen molar-refractivity contribution in [3.05, 3.63) is 40.9 Å². The summed E-state index contributed by atoms with van der Waals surface area (Å²) < 4.78 is 5.73. The summed E-state index contributed by atoms with van der Waals surface area (Å²) in [5.74, 6) is 0.787. The van der Waals surface area contributed by atoms with Crippen molar-refractivity contribution < 1.29 is 4.74 Å². The second-order valence-electron chi connectivity index (χ2n) is 4.10. The lowest BCUT2D eigenvalue weighted by molar-refractivity contribution is 0.338. The van der Waals surface area contributed by atoms with Gasteiger partial charge in [0.05, 0.1) is 6.61 Å². The highest BCUT2D eigenvalue weighted by atomic mass is 35.5. The fourth-order valence-electron chi connectivity index (χ4n) is 2.03. The molecule has 18 heavy (non-hydrogen) atoms. The summed E-state index contributed by atoms with van der Waals surface area (Å²) in [6.45, 7) is 2.88. The second-order valence-corrected chi connectivity index (χ2v) is 4.50. The van der Waals surface area contributed by atoms with Gasteiger partial charge in [-0.3, -0.25) is 0 Å². The molecule has 0 radical (unpaired) electrons. The van der Waals surface area contributed by atoms with E-state index in [1.54, 1.807) is 0 Å². The largest absolute Gasteiger partial charge is 0.493 e. The maximum Gasteiger partial charge on any atom is 0.132 e. The van der Waals surface area contributed by atoms with Crippen LogP contribution in [-0.2, 0) is 0 Å². The average molecular weight is 265 g/mol. The fraction of sp³-hybridized carbons (Fsp3) is 0.286. The van der Waals surface area contributed by atoms with E-state index in [4.69, 9.17) is 27.8 Å². The van der Waals surface area contributed by atoms with Gasteiger partial charge in [-0.15, -0.1) is 0 Å². The molecular formula is C14H17ClN2O. The standard InChI is InChI=1S/C14H17ClN2O/c1-2-18-14-10-6-4-3-5-9(10)12(15)7-11(14)13(17)8-16/h3-7,13H,2,8,16-17H2,1H3. The summed E-state index contributed by atoms with van der Waals surface area (Å²) in [5.41, 5.74) is 12.5. The number of benzene rings is 2. The summed E-state index contributed by atoms with van der Waals surface area (Å²) in [5, 5.41) is 2.62. The van der Waals surface area contributed by atoms with Crippen LogP contribution in [0.4, 0.5) is 0 Å². The molecule has 1 atom stereocenters. The van der Waals surface area contributed by atoms with Crippen LogP contribution in [0.2, 0.25) is 5.02 Å². The van der Waals surface area contributed by atoms with Crippen LogP contribution in [0.15, 0.2) is 30.3 Å². The van der Waals surface area contributed by atoms with Crippen molar-refractivity contribution in [2.24, 2.45) is 11.5 Å². The maximum absolute atomic E-state index is 6.28. The van der Waals surface area contributed by atoms with Crippen molar-refractivity contribution in [2.45, 2.75) is 13.0 Å². The average Bonchev–Trinajstić information content (AvgIpc) is 2.41. The number of halogens is 1. The Morgan fingerprint density at radius 2 is 1.94 bits per heavy atom. The Morgan fingerprint density at radius 3 is 2.56 bits per heavy atom. The third-order valence-electron chi connectivity index (χ3n) is 2.92. The van der Waals surface area contributed by atoms with Gasteiger partial charge in [-0.1, -0.05) is 35.9 Å². The third-order valence-corrected chi connectivity index (χ3v) is 3.23. The lowest BCUT2D eigenvalue weighted by atomic mass is 10.0. The molecule has 0 aromatic heterocycles. The molecule has 0 aliphatic heterocycles. The van der Waals surface area contributed by atoms with Crippen molar-refractivity contribution in [3.8, 4) is 5.75 Å². The second kappa shape index (κ2) is 5.57. The van der Waals surface area contributed by atoms with Gasteiger partial charge in [0.25, 0.3) is 0 Å². The molecule has 2 aromatic carbocycles. The predicted octanol–water partition coefficient (Wildman–Crippen LogP) is 2.85. The molecule has 2 aromatic rings. The van der Waals surface area contributed by atoms with Gasteiger partial charge in [0.1, 0.15) is 5.75 Å². The highest BCUT2D eigenvalue weighted by Gasteiger charge is 2.16. The Kier molecular flexibility index (Phi) is 4.07. The molecule has 0 heterocycles. The maximum atomic E-state index is 6.28. The molecule has 0 saturated carbocycles. The molecular weight excluding hydrogens is 248 g/mol. The highest BCUT2D eigenvalue weighted by Crippen LogP contribution is 2.37. The zero-order valence-corrected chi connectivity index (χ0v) is 11.1. The lowest BCUT2D eigenvalue weighted by Crippen LogP contribution is -2.21. The van der Waals surface area contributed by atoms with E-state index >= 15 is 0 Å². The minimum Gasteiger partial charge on any atom is -0.493 e. The van der Waals surface area contributed by atoms with Gasteiger partial charge in [-0.2, -0.15) is 0 Å². The molecule has 0 amide bonds. The summed E-state index contributed by atoms with van der Waals surface area (Å²) in [7, 11) is 0. The van der Waals surface area contributed by atoms with Gasteiger partial charge in [0.2, 0.25) is 0 Å². The van der Waals surface area contributed by atoms with E-state index in [0.717, 1.165) is 22.1 Å². The van der Waals surface area contributed by atoms with Crippen LogP contribution in [0.3, 0.4) is 0 Å². The highest BCUT2D eigenvalue weighted by molar-refractivity contribution is 6.36. The van der Waals surface area contributed by atoms with Crippen LogP contribution < -0.4 is 16.2 Å². The van der Waals surface area contributed by atoms with E-state index in [1.165, 1.54) is 0 Å². The molecule has 4 N–H and O–H groups in total. The topological polar surface area (TPSA) is 61.3 Å². The molecule has 0 aliphatic carbocycles. The molecule has 0 fully saturated rings. The smallest absolute Gasteiger partial charge is 0.132 e. The van der Waals surface area contributed by atoms with E-state index in [2.05, 4.69) is 0 Å². The van der Waals surface area contributed by atoms with Gasteiger partial charge in [-0.25, -0.2) is 0 Å². The normalized spacial score (nSPS) is 12.7. The fourth-order valence-corrected chi connectivity index (χ4v) is 2.31. The van der Waals surface area contributed by atoms with Crippen molar-refractivity contribution in [3.63, 3.8) is 0 Å². The van der Waals surface area contributed by atoms with Gasteiger partial charge >= 0.3 is 0 Å². The van der Waals surface area contributed by atoms with Gasteiger partial charge in [0, 0.05) is 33.9 Å². The van der Waals surface area contributed by atoms with E-state index in [-0.39, 0.29) is 6.04 Å². The SMILES string of the molecule is CCOc1c(C(N)CN)cc(Cl)c2ccccc12. The van der Waals surface area contributed by atoms with Crippen molar-refractivity contribution in [1.82, 2.24) is 0 Å². The van der Waals surface area contributed by atoms with E-state index in [9.17, 15) is 0 Å². The minimum atomic E-state index is -0.270. The Hall–Kier alpha value is -1.29. The zero-order chi connectivity index (χ0) is 13.1. The molecule has 0 bridgehead atoms. The zero-order valence-electron chi connectivity index (χ0n) is 10.3. The van der Waals surface area contributed by atoms with Gasteiger partial charge in [-0.05, 0) is 13.0 Å². The first-order valence-corrected chi connectivity index (χ1v) is 6.36. The van der Waals surface area contributed by atoms with Crippen molar-refractivity contribution in [2.75, 3.05) is 13.2 Å². The first-order valence-electron chi connectivity index (χ1n) is 5.98. The van der Waals surface area contributed by atoms with Gasteiger partial charge in [0.15, 0.2) is 0 Å². The number of ether oxygens (including phenoxy) is 1. The van der Waals surface area contributed by atoms with Crippen molar-refractivity contribution in [1.29, 1.82) is 0 Å². The Balaban J connectivity index is 2.73. The Labute approximate surface area is 112 Å². The quantitative estimate of drug-likeness (QED) is 0.893. The number of rotatable bonds is 4. The van der Waals surface area contributed by atoms with Crippen molar-refractivity contribution >= 4 is 22.4 Å². The Bertz CT molecular complexity index is 557. The Morgan fingerprint density at radius 1 is 1.28 bits per heavy atom. The summed E-state index contributed by atoms with van der Waals surface area (Å²) in [4.78, 5) is 0. The van der Waals surface area contributed by atoms with E-state index < -0.39 is 0 Å². The molecule has 1 unspecified atom stereocenters. The first-order chi connectivity index (χ1) is 8.69. The van der Waals surface area contributed by atoms with Crippen LogP contribution in [0, 0.1) is 0 Å². The molecule has 0 saturated heterocycles. The molecule has 96 valence electrons. The number of hydrogen-bond acceptors (Lipinski definition) is 3. The lowest BCUT2D eigenvalue weighted by Gasteiger charge is -2.18. The summed E-state index contributed by atoms with van der Waals surface area (Å²) in [6, 6.07) is 9.45. The van der Waals surface area contributed by atoms with Crippen LogP contribution in [0.25, 0.3) is 10.8 Å².